The lowest BCUT2D eigenvalue weighted by Gasteiger charge is -2.48. The Bertz CT molecular complexity index is 4410. The van der Waals surface area contributed by atoms with Crippen molar-refractivity contribution >= 4 is 70.5 Å². The van der Waals surface area contributed by atoms with Crippen LogP contribution in [0.25, 0.3) is 11.1 Å². The average Bonchev–Trinajstić information content (AvgIpc) is 0.765. The number of aliphatic hydroxyl groups is 8. The zero-order chi connectivity index (χ0) is 84.5. The minimum absolute atomic E-state index is 0.111. The second-order valence-corrected chi connectivity index (χ2v) is 31.2. The van der Waals surface area contributed by atoms with Gasteiger partial charge in [-0.2, -0.15) is 0 Å². The number of aromatic hydroxyl groups is 3. The average molecular weight is 1660 g/mol. The summed E-state index contributed by atoms with van der Waals surface area (Å²) in [5.41, 5.74) is 1.45. The highest BCUT2D eigenvalue weighted by Crippen LogP contribution is 2.50. The molecule has 11 bridgehead atoms. The summed E-state index contributed by atoms with van der Waals surface area (Å²) >= 11 is 14.3. The molecule has 0 spiro atoms. The molecule has 2 saturated heterocycles. The maximum absolute atomic E-state index is 16.2. The van der Waals surface area contributed by atoms with E-state index in [9.17, 15) is 85.3 Å². The third kappa shape index (κ3) is 20.8. The summed E-state index contributed by atoms with van der Waals surface area (Å²) in [4.78, 5) is 118. The Hall–Kier alpha value is -9.28. The van der Waals surface area contributed by atoms with Gasteiger partial charge in [0, 0.05) is 41.3 Å². The number of phenols is 3. The van der Waals surface area contributed by atoms with E-state index < -0.39 is 249 Å². The fraction of sp³-hybridized carbons (Fsp3) is 0.519. The third-order valence-electron chi connectivity index (χ3n) is 21.2. The zero-order valence-electron chi connectivity index (χ0n) is 64.4. The standard InChI is InChI=1S/C79H101Cl2N9O26/c1-7-8-9-10-11-12-13-14-15-48(94)50(96)32-84-79(5)31-57(111-35(4)70(79)102)115-69-67(101)66(100)55(33-91)114-78(69)116-68-53-26-39-27-54(68)113-52-21-18-38(25-44(52)81)65(99)63-76(108)88-61(77(109)110)42-28-40(92)29-49(95)58(42)41-23-36(16-19-47(41)93)59(73(105)90-63)87-74(106)60(39)86-72(104)46(30-56(82)97)85-75(107)62(89-71(103)45(83-6)22-34(2)3)64(98)37-17-20-51(112-53)43(80)24-37/h16-21,23-29,34-35,45-46,48,50,55,57,59-67,69-70,78,83-84,91-96,98-102H,7-15,22,30-33H2,1-6H3,(H2,82,97)(H,85,107)(H,86,104)(H,87,106)(H,88,108)(H,89,103)(H,90,105)(H,109,110)/t35-,45+,46-,48?,50?,55+,57-,59+,60+,61-,62+,63-,64+,65+,66+,67-,69+,70+,78-,79-/m0/s1. The Balaban J connectivity index is 1.16. The maximum atomic E-state index is 16.2. The van der Waals surface area contributed by atoms with Crippen LogP contribution in [-0.2, 0) is 52.6 Å². The van der Waals surface area contributed by atoms with E-state index in [-0.39, 0.29) is 52.8 Å². The number of rotatable bonds is 26. The van der Waals surface area contributed by atoms with Crippen LogP contribution in [0.5, 0.6) is 46.0 Å². The fourth-order valence-corrected chi connectivity index (χ4v) is 15.2. The van der Waals surface area contributed by atoms with Crippen LogP contribution in [-0.4, -0.2) is 220 Å². The molecule has 632 valence electrons. The third-order valence-corrected chi connectivity index (χ3v) is 21.8. The number of hydrogen-bond donors (Lipinski definition) is 21. The molecule has 7 aliphatic rings. The number of phenolic OH excluding ortho intramolecular Hbond substituents is 3. The summed E-state index contributed by atoms with van der Waals surface area (Å²) in [6, 6.07) is -0.849. The molecule has 35 nitrogen and oxygen atoms in total. The van der Waals surface area contributed by atoms with Crippen molar-refractivity contribution in [2.75, 3.05) is 20.2 Å². The summed E-state index contributed by atoms with van der Waals surface area (Å²) in [6.45, 7) is 7.65. The van der Waals surface area contributed by atoms with E-state index in [2.05, 4.69) is 49.5 Å². The molecule has 2 fully saturated rings. The van der Waals surface area contributed by atoms with Crippen LogP contribution in [0.2, 0.25) is 10.0 Å². The van der Waals surface area contributed by atoms with Crippen molar-refractivity contribution in [2.45, 2.75) is 233 Å². The number of primary amides is 1. The van der Waals surface area contributed by atoms with Crippen LogP contribution in [0.4, 0.5) is 0 Å². The number of fused-ring (bicyclic) bond motifs is 15. The number of likely N-dealkylation sites (N-methyl/N-ethyl adjacent to an activating group) is 1. The van der Waals surface area contributed by atoms with Gasteiger partial charge < -0.3 is 138 Å². The predicted octanol–water partition coefficient (Wildman–Crippen LogP) is 2.99. The first-order chi connectivity index (χ1) is 55.0. The number of aliphatic carboxylic acids is 1. The van der Waals surface area contributed by atoms with Crippen molar-refractivity contribution in [2.24, 2.45) is 11.7 Å². The molecule has 0 saturated carbocycles. The van der Waals surface area contributed by atoms with Gasteiger partial charge in [-0.1, -0.05) is 114 Å². The molecular weight excluding hydrogens is 1560 g/mol. The maximum Gasteiger partial charge on any atom is 0.330 e. The number of nitrogens with one attached hydrogen (secondary N) is 8. The number of unbranched alkanes of at least 4 members (excludes halogenated alkanes) is 7. The Morgan fingerprint density at radius 3 is 1.89 bits per heavy atom. The van der Waals surface area contributed by atoms with Crippen molar-refractivity contribution in [1.82, 2.24) is 42.5 Å². The van der Waals surface area contributed by atoms with E-state index in [1.165, 1.54) is 26.1 Å². The molecule has 37 heteroatoms. The molecule has 20 atom stereocenters. The van der Waals surface area contributed by atoms with E-state index in [0.29, 0.717) is 12.8 Å². The molecule has 0 aliphatic carbocycles. The van der Waals surface area contributed by atoms with Gasteiger partial charge in [-0.05, 0) is 117 Å². The number of carboxylic acids is 1. The molecule has 5 aromatic rings. The molecule has 12 rings (SSSR count). The first kappa shape index (κ1) is 89.1. The lowest BCUT2D eigenvalue weighted by molar-refractivity contribution is -0.334. The Labute approximate surface area is 676 Å². The van der Waals surface area contributed by atoms with Crippen molar-refractivity contribution < 1.29 is 128 Å². The van der Waals surface area contributed by atoms with Crippen LogP contribution in [0.1, 0.15) is 170 Å². The summed E-state index contributed by atoms with van der Waals surface area (Å²) in [7, 11) is 1.47. The Morgan fingerprint density at radius 1 is 0.681 bits per heavy atom. The molecule has 7 amide bonds. The minimum Gasteiger partial charge on any atom is -0.508 e. The Kier molecular flexibility index (Phi) is 29.8. The van der Waals surface area contributed by atoms with Crippen LogP contribution in [0, 0.1) is 5.92 Å². The van der Waals surface area contributed by atoms with Gasteiger partial charge in [0.15, 0.2) is 29.9 Å². The van der Waals surface area contributed by atoms with Gasteiger partial charge in [-0.3, -0.25) is 33.6 Å². The number of ether oxygens (including phenoxy) is 6. The number of halogens is 2. The summed E-state index contributed by atoms with van der Waals surface area (Å²) in [5, 5.41) is 158. The fourth-order valence-electron chi connectivity index (χ4n) is 14.8. The highest BCUT2D eigenvalue weighted by Gasteiger charge is 2.52. The molecule has 0 radical (unpaired) electrons. The zero-order valence-corrected chi connectivity index (χ0v) is 65.9. The topological polar surface area (TPSA) is 557 Å². The van der Waals surface area contributed by atoms with E-state index in [1.807, 2.05) is 13.8 Å². The van der Waals surface area contributed by atoms with Crippen LogP contribution < -0.4 is 62.5 Å². The highest BCUT2D eigenvalue weighted by atomic mass is 35.5. The number of aliphatic hydroxyl groups excluding tert-OH is 8. The first-order valence-electron chi connectivity index (χ1n) is 38.3. The molecule has 5 aromatic carbocycles. The highest BCUT2D eigenvalue weighted by molar-refractivity contribution is 6.32. The Morgan fingerprint density at radius 2 is 1.28 bits per heavy atom. The molecule has 7 heterocycles. The van der Waals surface area contributed by atoms with Gasteiger partial charge >= 0.3 is 5.97 Å². The number of hydrogen-bond acceptors (Lipinski definition) is 27. The van der Waals surface area contributed by atoms with Crippen molar-refractivity contribution in [1.29, 1.82) is 0 Å². The normalized spacial score (nSPS) is 27.8. The van der Waals surface area contributed by atoms with Crippen LogP contribution in [0.15, 0.2) is 78.9 Å². The number of benzene rings is 5. The first-order valence-corrected chi connectivity index (χ1v) is 39.1. The van der Waals surface area contributed by atoms with Gasteiger partial charge in [0.2, 0.25) is 53.4 Å². The van der Waals surface area contributed by atoms with E-state index >= 15 is 14.4 Å². The van der Waals surface area contributed by atoms with Gasteiger partial charge in [0.1, 0.15) is 89.5 Å². The summed E-state index contributed by atoms with van der Waals surface area (Å²) in [5.74, 6) is -16.2. The second kappa shape index (κ2) is 38.9. The van der Waals surface area contributed by atoms with Gasteiger partial charge in [-0.15, -0.1) is 0 Å². The van der Waals surface area contributed by atoms with Gasteiger partial charge in [-0.25, -0.2) is 4.79 Å². The van der Waals surface area contributed by atoms with E-state index in [4.69, 9.17) is 57.4 Å². The number of carbonyl (C=O) groups is 8. The molecular formula is C79H101Cl2N9O26. The number of amides is 7. The smallest absolute Gasteiger partial charge is 0.330 e. The number of carbonyl (C=O) groups excluding carboxylic acids is 7. The summed E-state index contributed by atoms with van der Waals surface area (Å²) < 4.78 is 39.2. The lowest BCUT2D eigenvalue weighted by Crippen LogP contribution is -2.66. The second-order valence-electron chi connectivity index (χ2n) is 30.4. The molecule has 2 unspecified atom stereocenters. The number of β-amino-alcohol motifs (C(OH)–C–C–N with tert-alkyl or cyclic N) is 1. The molecule has 7 aliphatic heterocycles. The van der Waals surface area contributed by atoms with Gasteiger partial charge in [0.05, 0.1) is 53.5 Å². The predicted molar refractivity (Wildman–Crippen MR) is 412 cm³/mol. The SMILES string of the molecule is CCCCCCCCCCC(O)C(O)CN[C@@]1(C)C[C@H](O[C@H]2[C@H](Oc3c4cc5cc3Oc3ccc(cc3Cl)[C@@H](O)[C@@H](NC(=O)[C@@H](CC(C)C)NC)C(=O)N[C@@H](CC(N)=O)C(=O)N[C@H]5C(=O)N[C@H]3C(=O)N[C@H](C(=O)N[C@H](C(=O)O)c5cc(O)cc(O)c5-c5cc3ccc5O)[C@H](O)c3ccc(c(Cl)c3)O4)O[C@H](CO)[C@@H](O)[C@@H]2O)O[C@@H](C)[C@H]1O. The van der Waals surface area contributed by atoms with E-state index in [1.54, 1.807) is 6.92 Å². The monoisotopic (exact) mass is 1660 g/mol. The molecule has 116 heavy (non-hydrogen) atoms. The van der Waals surface area contributed by atoms with Crippen molar-refractivity contribution in [3.05, 3.63) is 117 Å². The number of carboxylic acid groups (broad SMARTS) is 1. The van der Waals surface area contributed by atoms with E-state index in [0.717, 1.165) is 112 Å². The summed E-state index contributed by atoms with van der Waals surface area (Å²) in [6.07, 6.45) is -13.4. The number of nitrogens with two attached hydrogens (primary N) is 1. The van der Waals surface area contributed by atoms with Crippen molar-refractivity contribution in [3.63, 3.8) is 0 Å². The lowest BCUT2D eigenvalue weighted by atomic mass is 9.84. The van der Waals surface area contributed by atoms with Crippen LogP contribution >= 0.6 is 23.2 Å². The van der Waals surface area contributed by atoms with Crippen LogP contribution in [0.3, 0.4) is 0 Å². The minimum atomic E-state index is -2.38. The van der Waals surface area contributed by atoms with Gasteiger partial charge in [0.25, 0.3) is 0 Å². The largest absolute Gasteiger partial charge is 0.508 e. The quantitative estimate of drug-likeness (QED) is 0.0354. The molecule has 0 aromatic heterocycles. The van der Waals surface area contributed by atoms with Crippen molar-refractivity contribution in [3.8, 4) is 57.1 Å². The molecule has 22 N–H and O–H groups in total.